The van der Waals surface area contributed by atoms with Gasteiger partial charge in [0.2, 0.25) is 0 Å². The van der Waals surface area contributed by atoms with Crippen LogP contribution in [0.25, 0.3) is 0 Å². The molecule has 0 aromatic carbocycles. The molecule has 1 aromatic rings. The predicted octanol–water partition coefficient (Wildman–Crippen LogP) is 2.35. The van der Waals surface area contributed by atoms with Gasteiger partial charge in [-0.1, -0.05) is 6.07 Å². The van der Waals surface area contributed by atoms with Crippen molar-refractivity contribution in [2.45, 2.75) is 0 Å². The summed E-state index contributed by atoms with van der Waals surface area (Å²) in [6, 6.07) is 3.71. The van der Waals surface area contributed by atoms with Crippen LogP contribution >= 0.6 is 23.1 Å². The number of nitrogens with one attached hydrogen (secondary N) is 1. The van der Waals surface area contributed by atoms with Gasteiger partial charge in [0.15, 0.2) is 5.78 Å². The molecule has 0 saturated heterocycles. The molecule has 2 nitrogen and oxygen atoms in total. The first-order valence-electron chi connectivity index (χ1n) is 3.79. The molecule has 0 unspecified atom stereocenters. The molecule has 1 aromatic heterocycles. The van der Waals surface area contributed by atoms with Gasteiger partial charge in [-0.25, -0.2) is 0 Å². The second-order valence-corrected chi connectivity index (χ2v) is 4.10. The van der Waals surface area contributed by atoms with Crippen molar-refractivity contribution in [3.63, 3.8) is 0 Å². The largest absolute Gasteiger partial charge is 0.383 e. The minimum atomic E-state index is 0.0636. The number of ketones is 1. The number of carbonyl (C=O) groups is 1. The topological polar surface area (TPSA) is 29.1 Å². The van der Waals surface area contributed by atoms with Gasteiger partial charge in [-0.3, -0.25) is 4.79 Å². The van der Waals surface area contributed by atoms with Crippen molar-refractivity contribution in [3.05, 3.63) is 33.5 Å². The van der Waals surface area contributed by atoms with Gasteiger partial charge in [0.05, 0.1) is 9.91 Å². The molecule has 0 bridgehead atoms. The number of hydrogen-bond donors (Lipinski definition) is 1. The fourth-order valence-electron chi connectivity index (χ4n) is 0.842. The second kappa shape index (κ2) is 5.09. The Balaban J connectivity index is 2.75. The van der Waals surface area contributed by atoms with Gasteiger partial charge in [-0.2, -0.15) is 0 Å². The number of hydrogen-bond acceptors (Lipinski definition) is 4. The highest BCUT2D eigenvalue weighted by Crippen LogP contribution is 2.13. The molecule has 0 aliphatic carbocycles. The molecule has 0 radical (unpaired) electrons. The minimum absolute atomic E-state index is 0.0636. The minimum Gasteiger partial charge on any atom is -0.383 e. The smallest absolute Gasteiger partial charge is 0.198 e. The molecule has 0 aliphatic heterocycles. The van der Waals surface area contributed by atoms with Crippen LogP contribution in [0.1, 0.15) is 9.67 Å². The summed E-state index contributed by atoms with van der Waals surface area (Å²) < 4.78 is 0. The lowest BCUT2D eigenvalue weighted by Crippen LogP contribution is -2.04. The third-order valence-electron chi connectivity index (χ3n) is 1.49. The molecule has 13 heavy (non-hydrogen) atoms. The van der Waals surface area contributed by atoms with E-state index < -0.39 is 0 Å². The zero-order valence-electron chi connectivity index (χ0n) is 7.53. The van der Waals surface area contributed by atoms with Crippen molar-refractivity contribution in [3.8, 4) is 0 Å². The van der Waals surface area contributed by atoms with Gasteiger partial charge >= 0.3 is 0 Å². The van der Waals surface area contributed by atoms with E-state index in [1.807, 2.05) is 30.8 Å². The molecule has 70 valence electrons. The van der Waals surface area contributed by atoms with Crippen molar-refractivity contribution >= 4 is 28.9 Å². The van der Waals surface area contributed by atoms with Crippen LogP contribution in [0.4, 0.5) is 0 Å². The maximum atomic E-state index is 11.5. The standard InChI is InChI=1S/C9H11NOS2/c1-10-9(12-2)6-7(11)8-4-3-5-13-8/h3-6,10H,1-2H3/b9-6+. The van der Waals surface area contributed by atoms with Crippen molar-refractivity contribution in [2.24, 2.45) is 0 Å². The highest BCUT2D eigenvalue weighted by atomic mass is 32.2. The van der Waals surface area contributed by atoms with Gasteiger partial charge in [-0.15, -0.1) is 23.1 Å². The molecular formula is C9H11NOS2. The predicted molar refractivity (Wildman–Crippen MR) is 59.3 cm³/mol. The van der Waals surface area contributed by atoms with E-state index in [2.05, 4.69) is 5.32 Å². The Morgan fingerprint density at radius 2 is 2.46 bits per heavy atom. The number of allylic oxidation sites excluding steroid dienone is 1. The van der Waals surface area contributed by atoms with Gasteiger partial charge in [0.1, 0.15) is 0 Å². The van der Waals surface area contributed by atoms with Crippen LogP contribution < -0.4 is 5.32 Å². The van der Waals surface area contributed by atoms with Crippen LogP contribution in [0.15, 0.2) is 28.6 Å². The Kier molecular flexibility index (Phi) is 4.05. The fraction of sp³-hybridized carbons (Fsp3) is 0.222. The van der Waals surface area contributed by atoms with Gasteiger partial charge < -0.3 is 5.32 Å². The van der Waals surface area contributed by atoms with Crippen LogP contribution in [-0.2, 0) is 0 Å². The second-order valence-electron chi connectivity index (χ2n) is 2.30. The zero-order chi connectivity index (χ0) is 9.68. The molecule has 4 heteroatoms. The average molecular weight is 213 g/mol. The highest BCUT2D eigenvalue weighted by molar-refractivity contribution is 8.02. The Hall–Kier alpha value is -0.740. The molecule has 0 amide bonds. The van der Waals surface area contributed by atoms with Crippen molar-refractivity contribution in [1.29, 1.82) is 0 Å². The highest BCUT2D eigenvalue weighted by Gasteiger charge is 2.03. The van der Waals surface area contributed by atoms with Crippen molar-refractivity contribution in [1.82, 2.24) is 5.32 Å². The zero-order valence-corrected chi connectivity index (χ0v) is 9.17. The lowest BCUT2D eigenvalue weighted by Gasteiger charge is -2.00. The molecule has 1 heterocycles. The first-order chi connectivity index (χ1) is 6.27. The van der Waals surface area contributed by atoms with Crippen molar-refractivity contribution < 1.29 is 4.79 Å². The van der Waals surface area contributed by atoms with E-state index in [1.54, 1.807) is 6.08 Å². The van der Waals surface area contributed by atoms with E-state index in [0.717, 1.165) is 9.91 Å². The molecule has 0 saturated carbocycles. The lowest BCUT2D eigenvalue weighted by atomic mass is 10.3. The third-order valence-corrected chi connectivity index (χ3v) is 3.14. The van der Waals surface area contributed by atoms with Gasteiger partial charge in [0, 0.05) is 13.1 Å². The molecule has 1 N–H and O–H groups in total. The van der Waals surface area contributed by atoms with Crippen LogP contribution in [-0.4, -0.2) is 19.1 Å². The van der Waals surface area contributed by atoms with Gasteiger partial charge in [-0.05, 0) is 17.7 Å². The molecule has 0 aliphatic rings. The van der Waals surface area contributed by atoms with E-state index >= 15 is 0 Å². The first-order valence-corrected chi connectivity index (χ1v) is 5.89. The van der Waals surface area contributed by atoms with E-state index in [9.17, 15) is 4.79 Å². The van der Waals surface area contributed by atoms with Crippen molar-refractivity contribution in [2.75, 3.05) is 13.3 Å². The van der Waals surface area contributed by atoms with E-state index in [-0.39, 0.29) is 5.78 Å². The van der Waals surface area contributed by atoms with Gasteiger partial charge in [0.25, 0.3) is 0 Å². The molecule has 0 fully saturated rings. The van der Waals surface area contributed by atoms with Crippen LogP contribution in [0.5, 0.6) is 0 Å². The summed E-state index contributed by atoms with van der Waals surface area (Å²) in [5.74, 6) is 0.0636. The Morgan fingerprint density at radius 1 is 1.69 bits per heavy atom. The van der Waals surface area contributed by atoms with Crippen LogP contribution in [0.3, 0.4) is 0 Å². The summed E-state index contributed by atoms with van der Waals surface area (Å²) in [6.45, 7) is 0. The van der Waals surface area contributed by atoms with Crippen LogP contribution in [0, 0.1) is 0 Å². The summed E-state index contributed by atoms with van der Waals surface area (Å²) in [5, 5.41) is 5.74. The fourth-order valence-corrected chi connectivity index (χ4v) is 1.91. The van der Waals surface area contributed by atoms with E-state index in [1.165, 1.54) is 23.1 Å². The SMILES string of the molecule is CN/C(=C\C(=O)c1cccs1)SC. The molecular weight excluding hydrogens is 202 g/mol. The lowest BCUT2D eigenvalue weighted by molar-refractivity contribution is 0.105. The molecule has 0 spiro atoms. The maximum absolute atomic E-state index is 11.5. The summed E-state index contributed by atoms with van der Waals surface area (Å²) >= 11 is 2.99. The maximum Gasteiger partial charge on any atom is 0.198 e. The summed E-state index contributed by atoms with van der Waals surface area (Å²) in [6.07, 6.45) is 3.56. The quantitative estimate of drug-likeness (QED) is 0.615. The molecule has 0 atom stereocenters. The number of thiophene rings is 1. The monoisotopic (exact) mass is 213 g/mol. The van der Waals surface area contributed by atoms with E-state index in [4.69, 9.17) is 0 Å². The molecule has 1 rings (SSSR count). The van der Waals surface area contributed by atoms with Crippen LogP contribution in [0.2, 0.25) is 0 Å². The summed E-state index contributed by atoms with van der Waals surface area (Å²) in [5.41, 5.74) is 0. The summed E-state index contributed by atoms with van der Waals surface area (Å²) in [4.78, 5) is 12.3. The normalized spacial score (nSPS) is 11.4. The third kappa shape index (κ3) is 2.90. The number of thioether (sulfide) groups is 1. The Bertz CT molecular complexity index is 297. The first kappa shape index (κ1) is 10.3. The average Bonchev–Trinajstić information content (AvgIpc) is 2.66. The van der Waals surface area contributed by atoms with E-state index in [0.29, 0.717) is 0 Å². The Labute approximate surface area is 86.0 Å². The number of rotatable bonds is 4. The number of carbonyl (C=O) groups excluding carboxylic acids is 1. The Morgan fingerprint density at radius 3 is 2.92 bits per heavy atom. The summed E-state index contributed by atoms with van der Waals surface area (Å²) in [7, 11) is 1.81.